The van der Waals surface area contributed by atoms with Gasteiger partial charge in [-0.05, 0) is 44.5 Å². The van der Waals surface area contributed by atoms with E-state index in [4.69, 9.17) is 4.42 Å². The predicted molar refractivity (Wildman–Crippen MR) is 48.1 cm³/mol. The summed E-state index contributed by atoms with van der Waals surface area (Å²) < 4.78 is 5.34. The van der Waals surface area contributed by atoms with Crippen LogP contribution in [0.1, 0.15) is 24.5 Å². The van der Waals surface area contributed by atoms with Gasteiger partial charge in [0.05, 0.1) is 6.26 Å². The zero-order valence-electron chi connectivity index (χ0n) is 7.42. The summed E-state index contributed by atoms with van der Waals surface area (Å²) in [5, 5.41) is 3.20. The maximum Gasteiger partial charge on any atom is 0.106 e. The van der Waals surface area contributed by atoms with Crippen molar-refractivity contribution in [2.24, 2.45) is 5.92 Å². The summed E-state index contributed by atoms with van der Waals surface area (Å²) in [5.41, 5.74) is 0. The highest BCUT2D eigenvalue weighted by Gasteiger charge is 2.31. The number of hydrogen-bond acceptors (Lipinski definition) is 2. The fourth-order valence-corrected chi connectivity index (χ4v) is 1.95. The molecule has 1 fully saturated rings. The van der Waals surface area contributed by atoms with E-state index in [1.54, 1.807) is 6.26 Å². The molecule has 12 heavy (non-hydrogen) atoms. The Morgan fingerprint density at radius 3 is 3.00 bits per heavy atom. The second-order valence-electron chi connectivity index (χ2n) is 3.61. The number of rotatable bonds is 3. The van der Waals surface area contributed by atoms with Gasteiger partial charge in [-0.25, -0.2) is 0 Å². The lowest BCUT2D eigenvalue weighted by molar-refractivity contribution is 0.231. The lowest BCUT2D eigenvalue weighted by atomic mass is 9.74. The first-order valence-corrected chi connectivity index (χ1v) is 4.58. The molecule has 1 aliphatic rings. The van der Waals surface area contributed by atoms with Gasteiger partial charge < -0.3 is 9.73 Å². The first kappa shape index (κ1) is 7.87. The largest absolute Gasteiger partial charge is 0.469 e. The zero-order valence-corrected chi connectivity index (χ0v) is 7.42. The summed E-state index contributed by atoms with van der Waals surface area (Å²) >= 11 is 0. The molecule has 0 unspecified atom stereocenters. The molecule has 2 nitrogen and oxygen atoms in total. The summed E-state index contributed by atoms with van der Waals surface area (Å²) in [5.74, 6) is 2.73. The third-order valence-electron chi connectivity index (χ3n) is 2.67. The minimum Gasteiger partial charge on any atom is -0.469 e. The molecule has 1 N–H and O–H groups in total. The fraction of sp³-hybridized carbons (Fsp3) is 0.600. The van der Waals surface area contributed by atoms with Crippen LogP contribution in [-0.4, -0.2) is 13.6 Å². The van der Waals surface area contributed by atoms with Crippen molar-refractivity contribution in [3.63, 3.8) is 0 Å². The molecule has 2 heteroatoms. The van der Waals surface area contributed by atoms with Crippen molar-refractivity contribution < 1.29 is 4.42 Å². The molecule has 0 saturated heterocycles. The number of hydrogen-bond donors (Lipinski definition) is 1. The highest BCUT2D eigenvalue weighted by atomic mass is 16.3. The van der Waals surface area contributed by atoms with Crippen molar-refractivity contribution in [1.82, 2.24) is 5.32 Å². The van der Waals surface area contributed by atoms with E-state index in [1.165, 1.54) is 18.6 Å². The third-order valence-corrected chi connectivity index (χ3v) is 2.67. The van der Waals surface area contributed by atoms with Gasteiger partial charge in [-0.15, -0.1) is 0 Å². The Balaban J connectivity index is 1.82. The normalized spacial score (nSPS) is 28.4. The van der Waals surface area contributed by atoms with Gasteiger partial charge in [0.25, 0.3) is 0 Å². The van der Waals surface area contributed by atoms with E-state index in [0.29, 0.717) is 5.92 Å². The van der Waals surface area contributed by atoms with Crippen LogP contribution in [-0.2, 0) is 0 Å². The summed E-state index contributed by atoms with van der Waals surface area (Å²) in [7, 11) is 2.01. The summed E-state index contributed by atoms with van der Waals surface area (Å²) in [6.45, 7) is 1.15. The number of nitrogens with one attached hydrogen (secondary N) is 1. The van der Waals surface area contributed by atoms with Gasteiger partial charge in [-0.1, -0.05) is 0 Å². The topological polar surface area (TPSA) is 25.2 Å². The van der Waals surface area contributed by atoms with Crippen molar-refractivity contribution in [3.05, 3.63) is 24.2 Å². The molecule has 0 radical (unpaired) electrons. The lowest BCUT2D eigenvalue weighted by Crippen LogP contribution is -2.30. The molecule has 1 aromatic heterocycles. The SMILES string of the molecule is CNCC1CC(c2ccco2)C1. The minimum absolute atomic E-state index is 0.693. The van der Waals surface area contributed by atoms with Crippen LogP contribution in [0.15, 0.2) is 22.8 Å². The predicted octanol–water partition coefficient (Wildman–Crippen LogP) is 1.99. The fourth-order valence-electron chi connectivity index (χ4n) is 1.95. The second-order valence-corrected chi connectivity index (χ2v) is 3.61. The van der Waals surface area contributed by atoms with Crippen LogP contribution in [0.2, 0.25) is 0 Å². The lowest BCUT2D eigenvalue weighted by Gasteiger charge is -2.33. The Labute approximate surface area is 73.0 Å². The van der Waals surface area contributed by atoms with Crippen molar-refractivity contribution in [1.29, 1.82) is 0 Å². The van der Waals surface area contributed by atoms with Gasteiger partial charge in [0.2, 0.25) is 0 Å². The van der Waals surface area contributed by atoms with Crippen molar-refractivity contribution in [2.75, 3.05) is 13.6 Å². The van der Waals surface area contributed by atoms with E-state index in [2.05, 4.69) is 11.4 Å². The zero-order chi connectivity index (χ0) is 8.39. The maximum absolute atomic E-state index is 5.34. The Bertz CT molecular complexity index is 224. The Hall–Kier alpha value is -0.760. The van der Waals surface area contributed by atoms with Crippen molar-refractivity contribution in [2.45, 2.75) is 18.8 Å². The first-order chi connectivity index (χ1) is 5.90. The molecule has 0 bridgehead atoms. The molecule has 2 rings (SSSR count). The average molecular weight is 165 g/mol. The molecular weight excluding hydrogens is 150 g/mol. The molecule has 0 amide bonds. The summed E-state index contributed by atoms with van der Waals surface area (Å²) in [4.78, 5) is 0. The molecule has 1 aliphatic carbocycles. The van der Waals surface area contributed by atoms with E-state index in [9.17, 15) is 0 Å². The third kappa shape index (κ3) is 1.39. The van der Waals surface area contributed by atoms with Crippen molar-refractivity contribution >= 4 is 0 Å². The Kier molecular flexibility index (Phi) is 2.17. The molecule has 0 aromatic carbocycles. The van der Waals surface area contributed by atoms with Gasteiger partial charge in [-0.3, -0.25) is 0 Å². The highest BCUT2D eigenvalue weighted by molar-refractivity contribution is 5.09. The quantitative estimate of drug-likeness (QED) is 0.741. The van der Waals surface area contributed by atoms with E-state index >= 15 is 0 Å². The Morgan fingerprint density at radius 2 is 2.42 bits per heavy atom. The van der Waals surface area contributed by atoms with E-state index in [1.807, 2.05) is 13.1 Å². The molecule has 66 valence electrons. The second kappa shape index (κ2) is 3.31. The van der Waals surface area contributed by atoms with Crippen LogP contribution >= 0.6 is 0 Å². The van der Waals surface area contributed by atoms with Gasteiger partial charge in [0, 0.05) is 5.92 Å². The molecule has 0 spiro atoms. The average Bonchev–Trinajstić information content (AvgIpc) is 2.47. The highest BCUT2D eigenvalue weighted by Crippen LogP contribution is 2.41. The van der Waals surface area contributed by atoms with E-state index in [0.717, 1.165) is 12.5 Å². The van der Waals surface area contributed by atoms with Crippen LogP contribution < -0.4 is 5.32 Å². The Morgan fingerprint density at radius 1 is 1.58 bits per heavy atom. The van der Waals surface area contributed by atoms with Crippen LogP contribution in [0.4, 0.5) is 0 Å². The molecular formula is C10H15NO. The van der Waals surface area contributed by atoms with Crippen LogP contribution in [0, 0.1) is 5.92 Å². The van der Waals surface area contributed by atoms with Crippen molar-refractivity contribution in [3.8, 4) is 0 Å². The maximum atomic E-state index is 5.34. The smallest absolute Gasteiger partial charge is 0.106 e. The van der Waals surface area contributed by atoms with Gasteiger partial charge in [0.15, 0.2) is 0 Å². The number of furan rings is 1. The van der Waals surface area contributed by atoms with Crippen LogP contribution in [0.3, 0.4) is 0 Å². The van der Waals surface area contributed by atoms with Gasteiger partial charge in [-0.2, -0.15) is 0 Å². The monoisotopic (exact) mass is 165 g/mol. The standard InChI is InChI=1S/C10H15NO/c1-11-7-8-5-9(6-8)10-3-2-4-12-10/h2-4,8-9,11H,5-7H2,1H3. The van der Waals surface area contributed by atoms with E-state index in [-0.39, 0.29) is 0 Å². The molecule has 0 aliphatic heterocycles. The molecule has 0 atom stereocenters. The molecule has 1 saturated carbocycles. The first-order valence-electron chi connectivity index (χ1n) is 4.58. The van der Waals surface area contributed by atoms with Crippen LogP contribution in [0.25, 0.3) is 0 Å². The van der Waals surface area contributed by atoms with Gasteiger partial charge in [0.1, 0.15) is 5.76 Å². The molecule has 1 heterocycles. The van der Waals surface area contributed by atoms with E-state index < -0.39 is 0 Å². The van der Waals surface area contributed by atoms with Crippen LogP contribution in [0.5, 0.6) is 0 Å². The van der Waals surface area contributed by atoms with Gasteiger partial charge >= 0.3 is 0 Å². The summed E-state index contributed by atoms with van der Waals surface area (Å²) in [6.07, 6.45) is 4.34. The molecule has 1 aromatic rings. The summed E-state index contributed by atoms with van der Waals surface area (Å²) in [6, 6.07) is 4.06. The minimum atomic E-state index is 0.693.